The van der Waals surface area contributed by atoms with E-state index in [1.54, 1.807) is 42.5 Å². The maximum Gasteiger partial charge on any atom is 0.274 e. The van der Waals surface area contributed by atoms with Crippen LogP contribution in [0.2, 0.25) is 0 Å². The van der Waals surface area contributed by atoms with Gasteiger partial charge in [0.15, 0.2) is 5.43 Å². The third kappa shape index (κ3) is 3.95. The molecule has 3 heterocycles. The molecular formula is C17H20N6O4. The molecule has 0 aromatic carbocycles. The first-order chi connectivity index (χ1) is 13.0. The SMILES string of the molecule is COCCN1CN(C)n2cc(C(=O)NCc3ncccn3)c(=O)cc2C1=O. The lowest BCUT2D eigenvalue weighted by atomic mass is 10.2. The Balaban J connectivity index is 1.81. The average molecular weight is 372 g/mol. The smallest absolute Gasteiger partial charge is 0.274 e. The molecule has 0 unspecified atom stereocenters. The van der Waals surface area contributed by atoms with E-state index in [0.717, 1.165) is 0 Å². The number of aromatic nitrogens is 3. The summed E-state index contributed by atoms with van der Waals surface area (Å²) in [5.41, 5.74) is -0.379. The van der Waals surface area contributed by atoms with Crippen LogP contribution in [0.25, 0.3) is 0 Å². The predicted molar refractivity (Wildman–Crippen MR) is 95.8 cm³/mol. The summed E-state index contributed by atoms with van der Waals surface area (Å²) < 4.78 is 6.52. The number of nitrogens with zero attached hydrogens (tertiary/aromatic N) is 5. The molecule has 3 rings (SSSR count). The van der Waals surface area contributed by atoms with Crippen LogP contribution in [-0.4, -0.2) is 65.3 Å². The first-order valence-electron chi connectivity index (χ1n) is 8.31. The van der Waals surface area contributed by atoms with Crippen molar-refractivity contribution in [3.8, 4) is 0 Å². The van der Waals surface area contributed by atoms with Gasteiger partial charge in [-0.05, 0) is 6.07 Å². The van der Waals surface area contributed by atoms with E-state index in [1.807, 2.05) is 0 Å². The maximum absolute atomic E-state index is 12.6. The van der Waals surface area contributed by atoms with E-state index < -0.39 is 11.3 Å². The van der Waals surface area contributed by atoms with E-state index in [2.05, 4.69) is 15.3 Å². The van der Waals surface area contributed by atoms with Crippen LogP contribution in [0.4, 0.5) is 0 Å². The van der Waals surface area contributed by atoms with Gasteiger partial charge in [-0.1, -0.05) is 0 Å². The fourth-order valence-electron chi connectivity index (χ4n) is 2.73. The number of fused-ring (bicyclic) bond motifs is 1. The van der Waals surface area contributed by atoms with E-state index >= 15 is 0 Å². The molecule has 2 aromatic rings. The van der Waals surface area contributed by atoms with Crippen molar-refractivity contribution in [2.75, 3.05) is 39.0 Å². The topological polar surface area (TPSA) is 110 Å². The highest BCUT2D eigenvalue weighted by Gasteiger charge is 2.28. The molecule has 0 bridgehead atoms. The second kappa shape index (κ2) is 7.96. The van der Waals surface area contributed by atoms with Gasteiger partial charge in [0.25, 0.3) is 11.8 Å². The molecule has 2 amide bonds. The first-order valence-corrected chi connectivity index (χ1v) is 8.31. The summed E-state index contributed by atoms with van der Waals surface area (Å²) in [6, 6.07) is 2.86. The molecule has 1 N–H and O–H groups in total. The summed E-state index contributed by atoms with van der Waals surface area (Å²) in [5, 5.41) is 4.36. The largest absolute Gasteiger partial charge is 0.383 e. The first kappa shape index (κ1) is 18.5. The summed E-state index contributed by atoms with van der Waals surface area (Å²) in [6.07, 6.45) is 4.51. The summed E-state index contributed by atoms with van der Waals surface area (Å²) in [7, 11) is 3.32. The van der Waals surface area contributed by atoms with Crippen LogP contribution in [0.5, 0.6) is 0 Å². The number of hydrogen-bond acceptors (Lipinski definition) is 7. The van der Waals surface area contributed by atoms with Crippen LogP contribution >= 0.6 is 0 Å². The van der Waals surface area contributed by atoms with Gasteiger partial charge in [-0.2, -0.15) is 0 Å². The number of amides is 2. The van der Waals surface area contributed by atoms with Gasteiger partial charge in [-0.3, -0.25) is 24.1 Å². The van der Waals surface area contributed by atoms with Gasteiger partial charge in [-0.25, -0.2) is 9.97 Å². The van der Waals surface area contributed by atoms with Gasteiger partial charge >= 0.3 is 0 Å². The second-order valence-electron chi connectivity index (χ2n) is 5.99. The van der Waals surface area contributed by atoms with Crippen molar-refractivity contribution in [1.82, 2.24) is 24.9 Å². The molecule has 0 spiro atoms. The van der Waals surface area contributed by atoms with Crippen LogP contribution in [-0.2, 0) is 11.3 Å². The van der Waals surface area contributed by atoms with Gasteiger partial charge in [0.05, 0.1) is 13.2 Å². The van der Waals surface area contributed by atoms with E-state index in [0.29, 0.717) is 25.6 Å². The Labute approximate surface area is 155 Å². The molecule has 0 aliphatic carbocycles. The zero-order valence-electron chi connectivity index (χ0n) is 15.1. The van der Waals surface area contributed by atoms with Crippen LogP contribution in [0.1, 0.15) is 26.7 Å². The number of pyridine rings is 1. The Morgan fingerprint density at radius 2 is 2.04 bits per heavy atom. The number of carbonyl (C=O) groups excluding carboxylic acids is 2. The fraction of sp³-hybridized carbons (Fsp3) is 0.353. The summed E-state index contributed by atoms with van der Waals surface area (Å²) in [5.74, 6) is -0.401. The Kier molecular flexibility index (Phi) is 5.46. The molecule has 10 nitrogen and oxygen atoms in total. The Bertz CT molecular complexity index is 898. The van der Waals surface area contributed by atoms with Gasteiger partial charge < -0.3 is 15.0 Å². The minimum Gasteiger partial charge on any atom is -0.383 e. The van der Waals surface area contributed by atoms with E-state index in [1.165, 1.54) is 16.9 Å². The van der Waals surface area contributed by atoms with Crippen molar-refractivity contribution in [2.24, 2.45) is 0 Å². The van der Waals surface area contributed by atoms with Crippen molar-refractivity contribution < 1.29 is 14.3 Å². The lowest BCUT2D eigenvalue weighted by molar-refractivity contribution is 0.0634. The normalized spacial score (nSPS) is 13.5. The van der Waals surface area contributed by atoms with Crippen molar-refractivity contribution in [3.63, 3.8) is 0 Å². The number of methoxy groups -OCH3 is 1. The second-order valence-corrected chi connectivity index (χ2v) is 5.99. The molecule has 0 saturated carbocycles. The highest BCUT2D eigenvalue weighted by molar-refractivity contribution is 5.97. The third-order valence-electron chi connectivity index (χ3n) is 4.12. The molecule has 2 aromatic heterocycles. The highest BCUT2D eigenvalue weighted by Crippen LogP contribution is 2.12. The Morgan fingerprint density at radius 1 is 1.30 bits per heavy atom. The number of nitrogens with one attached hydrogen (secondary N) is 1. The average Bonchev–Trinajstić information content (AvgIpc) is 2.68. The molecule has 10 heteroatoms. The maximum atomic E-state index is 12.6. The Morgan fingerprint density at radius 3 is 2.74 bits per heavy atom. The van der Waals surface area contributed by atoms with Gasteiger partial charge in [0.1, 0.15) is 23.8 Å². The number of hydrogen-bond donors (Lipinski definition) is 1. The molecule has 142 valence electrons. The zero-order chi connectivity index (χ0) is 19.4. The highest BCUT2D eigenvalue weighted by atomic mass is 16.5. The fourth-order valence-corrected chi connectivity index (χ4v) is 2.73. The van der Waals surface area contributed by atoms with Crippen LogP contribution < -0.4 is 15.8 Å². The molecule has 1 aliphatic rings. The quantitative estimate of drug-likeness (QED) is 0.707. The van der Waals surface area contributed by atoms with E-state index in [4.69, 9.17) is 4.74 Å². The summed E-state index contributed by atoms with van der Waals surface area (Å²) in [4.78, 5) is 47.0. The summed E-state index contributed by atoms with van der Waals surface area (Å²) >= 11 is 0. The molecule has 0 atom stereocenters. The molecular weight excluding hydrogens is 352 g/mol. The van der Waals surface area contributed by atoms with Crippen LogP contribution in [0.15, 0.2) is 35.5 Å². The molecule has 1 aliphatic heterocycles. The van der Waals surface area contributed by atoms with E-state index in [9.17, 15) is 14.4 Å². The van der Waals surface area contributed by atoms with Gasteiger partial charge in [-0.15, -0.1) is 0 Å². The van der Waals surface area contributed by atoms with Gasteiger partial charge in [0, 0.05) is 45.4 Å². The third-order valence-corrected chi connectivity index (χ3v) is 4.12. The molecule has 0 saturated heterocycles. The standard InChI is InChI=1S/C17H20N6O4/c1-21-11-22(6-7-27-2)17(26)13-8-14(24)12(10-23(13)21)16(25)20-9-15-18-4-3-5-19-15/h3-5,8,10H,6-7,9,11H2,1-2H3,(H,20,25). The van der Waals surface area contributed by atoms with Crippen molar-refractivity contribution in [1.29, 1.82) is 0 Å². The van der Waals surface area contributed by atoms with E-state index in [-0.39, 0.29) is 23.7 Å². The number of ether oxygens (including phenoxy) is 1. The van der Waals surface area contributed by atoms with Crippen molar-refractivity contribution in [2.45, 2.75) is 6.54 Å². The van der Waals surface area contributed by atoms with Crippen LogP contribution in [0, 0.1) is 0 Å². The molecule has 0 fully saturated rings. The molecule has 27 heavy (non-hydrogen) atoms. The number of carbonyl (C=O) groups is 2. The van der Waals surface area contributed by atoms with Crippen molar-refractivity contribution >= 4 is 11.8 Å². The monoisotopic (exact) mass is 372 g/mol. The summed E-state index contributed by atoms with van der Waals surface area (Å²) in [6.45, 7) is 1.22. The van der Waals surface area contributed by atoms with Gasteiger partial charge in [0.2, 0.25) is 0 Å². The van der Waals surface area contributed by atoms with Crippen molar-refractivity contribution in [3.05, 3.63) is 58.0 Å². The lowest BCUT2D eigenvalue weighted by Gasteiger charge is -2.37. The molecule has 0 radical (unpaired) electrons. The predicted octanol–water partition coefficient (Wildman–Crippen LogP) is -0.804. The minimum absolute atomic E-state index is 0.0559. The zero-order valence-corrected chi connectivity index (χ0v) is 15.1. The number of rotatable bonds is 6. The van der Waals surface area contributed by atoms with Crippen LogP contribution in [0.3, 0.4) is 0 Å². The minimum atomic E-state index is -0.551. The lowest BCUT2D eigenvalue weighted by Crippen LogP contribution is -2.53. The Hall–Kier alpha value is -3.27.